The number of benzene rings is 1. The fraction of sp³-hybridized carbons (Fsp3) is 0.364. The molecule has 7 heteroatoms. The van der Waals surface area contributed by atoms with Gasteiger partial charge in [-0.3, -0.25) is 0 Å². The van der Waals surface area contributed by atoms with Crippen molar-refractivity contribution in [2.24, 2.45) is 0 Å². The van der Waals surface area contributed by atoms with Crippen LogP contribution in [0.1, 0.15) is 11.6 Å². The Morgan fingerprint density at radius 1 is 1.33 bits per heavy atom. The first kappa shape index (κ1) is 12.6. The van der Waals surface area contributed by atoms with E-state index < -0.39 is 6.09 Å². The van der Waals surface area contributed by atoms with Crippen molar-refractivity contribution in [1.82, 2.24) is 5.32 Å². The number of cyclic esters (lactones) is 1. The molecular formula is C11H12ClNO5. The van der Waals surface area contributed by atoms with Gasteiger partial charge >= 0.3 is 6.09 Å². The lowest BCUT2D eigenvalue weighted by Crippen LogP contribution is -2.18. The van der Waals surface area contributed by atoms with Crippen molar-refractivity contribution in [3.63, 3.8) is 0 Å². The zero-order chi connectivity index (χ0) is 11.8. The van der Waals surface area contributed by atoms with Crippen molar-refractivity contribution in [3.05, 3.63) is 17.7 Å². The van der Waals surface area contributed by atoms with Crippen molar-refractivity contribution in [2.45, 2.75) is 6.04 Å². The maximum Gasteiger partial charge on any atom is 0.407 e. The Kier molecular flexibility index (Phi) is 3.38. The number of hydrogen-bond donors (Lipinski definition) is 1. The maximum absolute atomic E-state index is 11.0. The fourth-order valence-electron chi connectivity index (χ4n) is 1.92. The van der Waals surface area contributed by atoms with Crippen molar-refractivity contribution >= 4 is 18.5 Å². The summed E-state index contributed by atoms with van der Waals surface area (Å²) < 4.78 is 20.7. The molecule has 1 N–H and O–H groups in total. The molecule has 1 aromatic carbocycles. The van der Waals surface area contributed by atoms with Crippen LogP contribution in [0.15, 0.2) is 12.1 Å². The molecule has 2 aliphatic rings. The van der Waals surface area contributed by atoms with Crippen LogP contribution in [-0.2, 0) is 4.74 Å². The van der Waals surface area contributed by atoms with Crippen LogP contribution in [0.3, 0.4) is 0 Å². The largest absolute Gasteiger partial charge is 0.493 e. The highest BCUT2D eigenvalue weighted by Gasteiger charge is 2.28. The Morgan fingerprint density at radius 2 is 2.17 bits per heavy atom. The fourth-order valence-corrected chi connectivity index (χ4v) is 1.92. The van der Waals surface area contributed by atoms with Gasteiger partial charge in [0.1, 0.15) is 6.61 Å². The lowest BCUT2D eigenvalue weighted by molar-refractivity contribution is 0.171. The van der Waals surface area contributed by atoms with E-state index in [2.05, 4.69) is 5.32 Å². The van der Waals surface area contributed by atoms with Crippen LogP contribution in [0.25, 0.3) is 0 Å². The molecule has 1 saturated heterocycles. The molecule has 1 amide bonds. The SMILES string of the molecule is COc1cc([C@@H]2COC(=O)N2)cc2c1OCO2.Cl. The smallest absolute Gasteiger partial charge is 0.407 e. The number of halogens is 1. The minimum Gasteiger partial charge on any atom is -0.493 e. The van der Waals surface area contributed by atoms with Crippen molar-refractivity contribution in [3.8, 4) is 17.2 Å². The average molecular weight is 274 g/mol. The first-order chi connectivity index (χ1) is 8.28. The Morgan fingerprint density at radius 3 is 2.83 bits per heavy atom. The summed E-state index contributed by atoms with van der Waals surface area (Å²) in [6, 6.07) is 3.46. The van der Waals surface area contributed by atoms with Crippen LogP contribution in [0.5, 0.6) is 17.2 Å². The van der Waals surface area contributed by atoms with Gasteiger partial charge in [0.05, 0.1) is 13.2 Å². The molecule has 3 rings (SSSR count). The van der Waals surface area contributed by atoms with Gasteiger partial charge in [-0.1, -0.05) is 0 Å². The summed E-state index contributed by atoms with van der Waals surface area (Å²) in [5.74, 6) is 1.82. The third kappa shape index (κ3) is 1.99. The van der Waals surface area contributed by atoms with Gasteiger partial charge in [0, 0.05) is 0 Å². The van der Waals surface area contributed by atoms with Crippen LogP contribution in [0, 0.1) is 0 Å². The van der Waals surface area contributed by atoms with E-state index in [1.807, 2.05) is 12.1 Å². The number of alkyl carbamates (subject to hydrolysis) is 1. The topological polar surface area (TPSA) is 66.0 Å². The number of fused-ring (bicyclic) bond motifs is 1. The predicted octanol–water partition coefficient (Wildman–Crippen LogP) is 1.63. The average Bonchev–Trinajstić information content (AvgIpc) is 2.95. The number of methoxy groups -OCH3 is 1. The van der Waals surface area contributed by atoms with E-state index in [9.17, 15) is 4.79 Å². The van der Waals surface area contributed by atoms with E-state index >= 15 is 0 Å². The Balaban J connectivity index is 0.00000120. The first-order valence-corrected chi connectivity index (χ1v) is 5.19. The van der Waals surface area contributed by atoms with E-state index in [1.54, 1.807) is 7.11 Å². The molecule has 2 aliphatic heterocycles. The predicted molar refractivity (Wildman–Crippen MR) is 63.6 cm³/mol. The molecule has 0 aliphatic carbocycles. The second kappa shape index (κ2) is 4.81. The highest BCUT2D eigenvalue weighted by molar-refractivity contribution is 5.85. The van der Waals surface area contributed by atoms with Gasteiger partial charge in [0.15, 0.2) is 11.5 Å². The van der Waals surface area contributed by atoms with Crippen LogP contribution in [-0.4, -0.2) is 26.6 Å². The minimum absolute atomic E-state index is 0. The summed E-state index contributed by atoms with van der Waals surface area (Å²) in [5.41, 5.74) is 0.872. The van der Waals surface area contributed by atoms with E-state index in [1.165, 1.54) is 0 Å². The molecule has 0 aromatic heterocycles. The van der Waals surface area contributed by atoms with Crippen LogP contribution < -0.4 is 19.5 Å². The summed E-state index contributed by atoms with van der Waals surface area (Å²) in [6.07, 6.45) is -0.411. The molecule has 6 nitrogen and oxygen atoms in total. The van der Waals surface area contributed by atoms with Gasteiger partial charge in [-0.15, -0.1) is 12.4 Å². The normalized spacial score (nSPS) is 19.8. The number of rotatable bonds is 2. The summed E-state index contributed by atoms with van der Waals surface area (Å²) in [7, 11) is 1.56. The van der Waals surface area contributed by atoms with Gasteiger partial charge in [0.2, 0.25) is 12.5 Å². The first-order valence-electron chi connectivity index (χ1n) is 5.19. The molecule has 0 saturated carbocycles. The highest BCUT2D eigenvalue weighted by atomic mass is 35.5. The molecule has 0 spiro atoms. The minimum atomic E-state index is -0.411. The van der Waals surface area contributed by atoms with E-state index in [-0.39, 0.29) is 25.2 Å². The number of carbonyl (C=O) groups is 1. The number of amides is 1. The molecule has 0 bridgehead atoms. The van der Waals surface area contributed by atoms with Crippen molar-refractivity contribution < 1.29 is 23.7 Å². The Bertz CT molecular complexity index is 479. The summed E-state index contributed by atoms with van der Waals surface area (Å²) in [5, 5.41) is 2.70. The Hall–Kier alpha value is -1.82. The van der Waals surface area contributed by atoms with E-state index in [0.29, 0.717) is 23.9 Å². The molecule has 0 unspecified atom stereocenters. The highest BCUT2D eigenvalue weighted by Crippen LogP contribution is 2.43. The molecule has 1 fully saturated rings. The van der Waals surface area contributed by atoms with E-state index in [4.69, 9.17) is 18.9 Å². The van der Waals surface area contributed by atoms with Gasteiger partial charge in [-0.25, -0.2) is 4.79 Å². The van der Waals surface area contributed by atoms with Crippen molar-refractivity contribution in [1.29, 1.82) is 0 Å². The quantitative estimate of drug-likeness (QED) is 0.887. The Labute approximate surface area is 110 Å². The van der Waals surface area contributed by atoms with Crippen molar-refractivity contribution in [2.75, 3.05) is 20.5 Å². The summed E-state index contributed by atoms with van der Waals surface area (Å²) >= 11 is 0. The molecule has 0 radical (unpaired) electrons. The molecule has 18 heavy (non-hydrogen) atoms. The molecule has 98 valence electrons. The maximum atomic E-state index is 11.0. The standard InChI is InChI=1S/C11H11NO5.ClH/c1-14-8-2-6(7-4-15-11(13)12-7)3-9-10(8)17-5-16-9;/h2-3,7H,4-5H2,1H3,(H,12,13);1H/t7-;/m0./s1. The van der Waals surface area contributed by atoms with Crippen LogP contribution in [0.2, 0.25) is 0 Å². The number of hydrogen-bond acceptors (Lipinski definition) is 5. The monoisotopic (exact) mass is 273 g/mol. The van der Waals surface area contributed by atoms with E-state index in [0.717, 1.165) is 5.56 Å². The van der Waals surface area contributed by atoms with Crippen LogP contribution in [0.4, 0.5) is 4.79 Å². The second-order valence-electron chi connectivity index (χ2n) is 3.75. The number of nitrogens with one attached hydrogen (secondary N) is 1. The third-order valence-electron chi connectivity index (χ3n) is 2.76. The molecule has 1 atom stereocenters. The van der Waals surface area contributed by atoms with Gasteiger partial charge in [-0.2, -0.15) is 0 Å². The zero-order valence-electron chi connectivity index (χ0n) is 9.60. The molecule has 2 heterocycles. The number of ether oxygens (including phenoxy) is 4. The zero-order valence-corrected chi connectivity index (χ0v) is 10.4. The second-order valence-corrected chi connectivity index (χ2v) is 3.75. The lowest BCUT2D eigenvalue weighted by Gasteiger charge is -2.11. The third-order valence-corrected chi connectivity index (χ3v) is 2.76. The summed E-state index contributed by atoms with van der Waals surface area (Å²) in [6.45, 7) is 0.490. The number of carbonyl (C=O) groups excluding carboxylic acids is 1. The lowest BCUT2D eigenvalue weighted by atomic mass is 10.1. The van der Waals surface area contributed by atoms with Gasteiger partial charge < -0.3 is 24.3 Å². The molecular weight excluding hydrogens is 262 g/mol. The molecule has 1 aromatic rings. The van der Waals surface area contributed by atoms with Gasteiger partial charge in [0.25, 0.3) is 0 Å². The van der Waals surface area contributed by atoms with Crippen LogP contribution >= 0.6 is 12.4 Å². The van der Waals surface area contributed by atoms with Gasteiger partial charge in [-0.05, 0) is 17.7 Å². The summed E-state index contributed by atoms with van der Waals surface area (Å²) in [4.78, 5) is 11.0.